The third kappa shape index (κ3) is 6.84. The van der Waals surface area contributed by atoms with Crippen molar-refractivity contribution in [3.63, 3.8) is 0 Å². The van der Waals surface area contributed by atoms with E-state index in [0.29, 0.717) is 21.6 Å². The minimum atomic E-state index is -5.46. The van der Waals surface area contributed by atoms with E-state index in [1.54, 1.807) is 24.3 Å². The molecule has 33 heavy (non-hydrogen) atoms. The molecule has 8 nitrogen and oxygen atoms in total. The zero-order valence-corrected chi connectivity index (χ0v) is 19.1. The van der Waals surface area contributed by atoms with Gasteiger partial charge in [-0.15, -0.1) is 0 Å². The zero-order chi connectivity index (χ0) is 24.2. The van der Waals surface area contributed by atoms with Crippen LogP contribution in [-0.2, 0) is 16.1 Å². The summed E-state index contributed by atoms with van der Waals surface area (Å²) in [4.78, 5) is 16.8. The number of amides is 1. The molecule has 0 aliphatic rings. The lowest BCUT2D eigenvalue weighted by Crippen LogP contribution is -2.43. The van der Waals surface area contributed by atoms with E-state index < -0.39 is 33.4 Å². The fourth-order valence-electron chi connectivity index (χ4n) is 2.79. The van der Waals surface area contributed by atoms with Gasteiger partial charge in [-0.2, -0.15) is 21.6 Å². The molecule has 0 aliphatic heterocycles. The molecule has 178 valence electrons. The highest BCUT2D eigenvalue weighted by Gasteiger charge is 2.44. The number of alkyl halides is 3. The van der Waals surface area contributed by atoms with Crippen LogP contribution in [0.1, 0.15) is 22.3 Å². The van der Waals surface area contributed by atoms with Gasteiger partial charge in [0.15, 0.2) is 5.58 Å². The van der Waals surface area contributed by atoms with Gasteiger partial charge in [0, 0.05) is 23.9 Å². The maximum absolute atomic E-state index is 12.7. The van der Waals surface area contributed by atoms with Gasteiger partial charge in [-0.3, -0.25) is 9.35 Å². The Bertz CT molecular complexity index is 1230. The van der Waals surface area contributed by atoms with Gasteiger partial charge in [0.1, 0.15) is 5.52 Å². The summed E-state index contributed by atoms with van der Waals surface area (Å²) in [5.74, 6) is -0.0665. The highest BCUT2D eigenvalue weighted by atomic mass is 35.5. The number of nitrogens with zero attached hydrogens (tertiary/aromatic N) is 2. The van der Waals surface area contributed by atoms with E-state index in [9.17, 15) is 26.4 Å². The topological polar surface area (TPSA) is 113 Å². The molecule has 0 fully saturated rings. The summed E-state index contributed by atoms with van der Waals surface area (Å²) in [7, 11) is -5.46. The average molecular weight is 524 g/mol. The number of nitrogens with one attached hydrogen (secondary N) is 1. The molecule has 1 aromatic heterocycles. The van der Waals surface area contributed by atoms with Crippen molar-refractivity contribution in [1.29, 1.82) is 0 Å². The largest absolute Gasteiger partial charge is 0.475 e. The van der Waals surface area contributed by atoms with Crippen LogP contribution in [0.2, 0.25) is 5.02 Å². The molecule has 1 amide bonds. The third-order valence-electron chi connectivity index (χ3n) is 4.30. The number of rotatable bonds is 9. The second kappa shape index (κ2) is 10.3. The molecule has 0 saturated heterocycles. The summed E-state index contributed by atoms with van der Waals surface area (Å²) < 4.78 is 73.2. The summed E-state index contributed by atoms with van der Waals surface area (Å²) >= 11 is 7.17. The Morgan fingerprint density at radius 2 is 1.91 bits per heavy atom. The predicted octanol–water partition coefficient (Wildman–Crippen LogP) is 4.52. The number of halogens is 4. The van der Waals surface area contributed by atoms with Gasteiger partial charge >= 0.3 is 16.6 Å². The molecule has 0 bridgehead atoms. The second-order valence-electron chi connectivity index (χ2n) is 6.67. The van der Waals surface area contributed by atoms with E-state index in [-0.39, 0.29) is 24.0 Å². The molecule has 3 rings (SSSR count). The molecule has 3 aromatic rings. The van der Waals surface area contributed by atoms with Crippen LogP contribution in [-0.4, -0.2) is 47.6 Å². The first-order chi connectivity index (χ1) is 15.4. The molecule has 0 atom stereocenters. The number of thioether (sulfide) groups is 1. The number of hydrogen-bond acceptors (Lipinski definition) is 6. The van der Waals surface area contributed by atoms with Crippen LogP contribution in [0.15, 0.2) is 52.1 Å². The van der Waals surface area contributed by atoms with Crippen LogP contribution < -0.4 is 5.32 Å². The van der Waals surface area contributed by atoms with Crippen molar-refractivity contribution in [2.45, 2.75) is 23.7 Å². The van der Waals surface area contributed by atoms with Gasteiger partial charge < -0.3 is 9.73 Å². The lowest BCUT2D eigenvalue weighted by molar-refractivity contribution is -0.212. The fraction of sp³-hybridized carbons (Fsp3) is 0.263. The van der Waals surface area contributed by atoms with Crippen LogP contribution in [0.4, 0.5) is 13.2 Å². The summed E-state index contributed by atoms with van der Waals surface area (Å²) in [6.45, 7) is -1.32. The van der Waals surface area contributed by atoms with Crippen LogP contribution in [0.5, 0.6) is 0 Å². The Morgan fingerprint density at radius 1 is 1.21 bits per heavy atom. The normalized spacial score (nSPS) is 12.4. The van der Waals surface area contributed by atoms with Gasteiger partial charge in [-0.1, -0.05) is 45.9 Å². The van der Waals surface area contributed by atoms with Crippen LogP contribution in [0.25, 0.3) is 11.1 Å². The third-order valence-corrected chi connectivity index (χ3v) is 6.40. The van der Waals surface area contributed by atoms with Crippen molar-refractivity contribution in [2.24, 2.45) is 0 Å². The number of oxazole rings is 1. The van der Waals surface area contributed by atoms with Gasteiger partial charge in [0.05, 0.1) is 5.56 Å². The molecular weight excluding hydrogens is 507 g/mol. The molecule has 2 N–H and O–H groups in total. The van der Waals surface area contributed by atoms with E-state index in [4.69, 9.17) is 20.6 Å². The number of benzene rings is 2. The summed E-state index contributed by atoms with van der Waals surface area (Å²) in [5.41, 5.74) is 1.78. The SMILES string of the molecule is O=C(NCCCN(C(F)(F)F)S(=O)(=O)O)c1cccc2oc(SCc3ccc(Cl)cc3)nc12. The standard InChI is InChI=1S/C19H17ClF3N3O5S2/c20-13-7-5-12(6-8-13)11-32-18-25-16-14(3-1-4-15(16)31-18)17(27)24-9-2-10-26(19(21,22)23)33(28,29)30/h1,3-8H,2,9-11H2,(H,24,27)(H,28,29,30). The lowest BCUT2D eigenvalue weighted by Gasteiger charge is -2.20. The number of hydrogen-bond donors (Lipinski definition) is 2. The van der Waals surface area contributed by atoms with E-state index in [0.717, 1.165) is 5.56 Å². The first-order valence-corrected chi connectivity index (χ1v) is 12.1. The van der Waals surface area contributed by atoms with E-state index in [1.807, 2.05) is 12.1 Å². The molecule has 14 heteroatoms. The number of carbonyl (C=O) groups is 1. The average Bonchev–Trinajstić information content (AvgIpc) is 3.14. The molecule has 0 radical (unpaired) electrons. The molecule has 1 heterocycles. The zero-order valence-electron chi connectivity index (χ0n) is 16.7. The second-order valence-corrected chi connectivity index (χ2v) is 9.37. The maximum Gasteiger partial charge on any atom is 0.475 e. The predicted molar refractivity (Wildman–Crippen MR) is 116 cm³/mol. The molecule has 0 unspecified atom stereocenters. The van der Waals surface area contributed by atoms with Crippen LogP contribution >= 0.6 is 23.4 Å². The van der Waals surface area contributed by atoms with Crippen LogP contribution in [0, 0.1) is 0 Å². The first kappa shape index (κ1) is 25.3. The van der Waals surface area contributed by atoms with Crippen LogP contribution in [0.3, 0.4) is 0 Å². The van der Waals surface area contributed by atoms with Crippen molar-refractivity contribution < 1.29 is 35.4 Å². The summed E-state index contributed by atoms with van der Waals surface area (Å²) in [5, 5.41) is 3.36. The number of carbonyl (C=O) groups excluding carboxylic acids is 1. The Hall–Kier alpha value is -2.32. The first-order valence-electron chi connectivity index (χ1n) is 9.32. The number of aromatic nitrogens is 1. The summed E-state index contributed by atoms with van der Waals surface area (Å²) in [6.07, 6.45) is -5.66. The monoisotopic (exact) mass is 523 g/mol. The Morgan fingerprint density at radius 3 is 2.55 bits per heavy atom. The highest BCUT2D eigenvalue weighted by Crippen LogP contribution is 2.28. The number of para-hydroxylation sites is 1. The van der Waals surface area contributed by atoms with Gasteiger partial charge in [0.2, 0.25) is 0 Å². The summed E-state index contributed by atoms with van der Waals surface area (Å²) in [6, 6.07) is 11.9. The van der Waals surface area contributed by atoms with Gasteiger partial charge in [-0.25, -0.2) is 4.98 Å². The molecular formula is C19H17ClF3N3O5S2. The Kier molecular flexibility index (Phi) is 7.90. The smallest absolute Gasteiger partial charge is 0.431 e. The Balaban J connectivity index is 1.62. The van der Waals surface area contributed by atoms with Crippen molar-refractivity contribution in [3.8, 4) is 0 Å². The fourth-order valence-corrected chi connectivity index (χ4v) is 4.33. The van der Waals surface area contributed by atoms with E-state index in [2.05, 4.69) is 10.3 Å². The van der Waals surface area contributed by atoms with E-state index in [1.165, 1.54) is 17.8 Å². The maximum atomic E-state index is 12.7. The quantitative estimate of drug-likeness (QED) is 0.183. The Labute approximate surface area is 196 Å². The van der Waals surface area contributed by atoms with Crippen molar-refractivity contribution in [3.05, 3.63) is 58.6 Å². The van der Waals surface area contributed by atoms with Crippen molar-refractivity contribution >= 4 is 50.7 Å². The minimum absolute atomic E-state index is 0.150. The van der Waals surface area contributed by atoms with Crippen molar-refractivity contribution in [2.75, 3.05) is 13.1 Å². The van der Waals surface area contributed by atoms with Gasteiger partial charge in [0.25, 0.3) is 11.1 Å². The lowest BCUT2D eigenvalue weighted by atomic mass is 10.2. The van der Waals surface area contributed by atoms with Crippen molar-refractivity contribution in [1.82, 2.24) is 14.6 Å². The van der Waals surface area contributed by atoms with E-state index >= 15 is 0 Å². The molecule has 0 spiro atoms. The van der Waals surface area contributed by atoms with Gasteiger partial charge in [-0.05, 0) is 36.2 Å². The molecule has 0 saturated carbocycles. The molecule has 2 aromatic carbocycles. The highest BCUT2D eigenvalue weighted by molar-refractivity contribution is 7.98. The minimum Gasteiger partial charge on any atom is -0.431 e. The molecule has 0 aliphatic carbocycles. The number of fused-ring (bicyclic) bond motifs is 1.